The van der Waals surface area contributed by atoms with Gasteiger partial charge in [-0.1, -0.05) is 49.1 Å². The lowest BCUT2D eigenvalue weighted by Gasteiger charge is -2.43. The molecule has 0 radical (unpaired) electrons. The summed E-state index contributed by atoms with van der Waals surface area (Å²) in [4.78, 5) is 4.95. The Morgan fingerprint density at radius 1 is 1.09 bits per heavy atom. The first kappa shape index (κ1) is 16.9. The third-order valence-electron chi connectivity index (χ3n) is 5.85. The molecule has 0 bridgehead atoms. The van der Waals surface area contributed by atoms with Crippen LogP contribution < -0.4 is 0 Å². The summed E-state index contributed by atoms with van der Waals surface area (Å²) in [5.41, 5.74) is 2.11. The predicted octanol–water partition coefficient (Wildman–Crippen LogP) is 3.02. The van der Waals surface area contributed by atoms with Crippen molar-refractivity contribution in [1.82, 2.24) is 9.80 Å². The molecule has 1 aromatic carbocycles. The molecule has 1 unspecified atom stereocenters. The molecular formula is C20H32N2O. The van der Waals surface area contributed by atoms with Crippen LogP contribution in [-0.2, 0) is 0 Å². The molecule has 3 heteroatoms. The molecule has 0 spiro atoms. The first-order valence-electron chi connectivity index (χ1n) is 9.27. The third-order valence-corrected chi connectivity index (χ3v) is 5.85. The summed E-state index contributed by atoms with van der Waals surface area (Å²) >= 11 is 0. The van der Waals surface area contributed by atoms with E-state index in [0.29, 0.717) is 0 Å². The number of hydrogen-bond acceptors (Lipinski definition) is 3. The lowest BCUT2D eigenvalue weighted by Crippen LogP contribution is -2.50. The van der Waals surface area contributed by atoms with Crippen molar-refractivity contribution >= 4 is 0 Å². The monoisotopic (exact) mass is 316 g/mol. The summed E-state index contributed by atoms with van der Waals surface area (Å²) in [6.07, 6.45) is 5.53. The van der Waals surface area contributed by atoms with Gasteiger partial charge in [0.1, 0.15) is 0 Å². The summed E-state index contributed by atoms with van der Waals surface area (Å²) in [7, 11) is 2.20. The van der Waals surface area contributed by atoms with Gasteiger partial charge in [0.25, 0.3) is 0 Å². The van der Waals surface area contributed by atoms with E-state index in [0.717, 1.165) is 45.6 Å². The average molecular weight is 316 g/mol. The van der Waals surface area contributed by atoms with Gasteiger partial charge in [0.15, 0.2) is 0 Å². The van der Waals surface area contributed by atoms with Gasteiger partial charge in [-0.2, -0.15) is 0 Å². The summed E-state index contributed by atoms with van der Waals surface area (Å²) in [5.74, 6) is 0.242. The van der Waals surface area contributed by atoms with E-state index >= 15 is 0 Å². The van der Waals surface area contributed by atoms with Crippen LogP contribution in [0, 0.1) is 6.92 Å². The normalized spacial score (nSPS) is 24.5. The molecule has 2 aliphatic rings. The molecule has 0 aromatic heterocycles. The zero-order valence-corrected chi connectivity index (χ0v) is 14.8. The van der Waals surface area contributed by atoms with E-state index in [-0.39, 0.29) is 5.92 Å². The van der Waals surface area contributed by atoms with Gasteiger partial charge in [-0.05, 0) is 32.4 Å². The number of benzene rings is 1. The quantitative estimate of drug-likeness (QED) is 0.925. The zero-order valence-electron chi connectivity index (χ0n) is 14.8. The molecule has 1 saturated heterocycles. The van der Waals surface area contributed by atoms with E-state index in [1.807, 2.05) is 0 Å². The second-order valence-corrected chi connectivity index (χ2v) is 7.73. The lowest BCUT2D eigenvalue weighted by molar-refractivity contribution is -0.0337. The largest absolute Gasteiger partial charge is 0.389 e. The Balaban J connectivity index is 1.81. The van der Waals surface area contributed by atoms with Gasteiger partial charge < -0.3 is 14.9 Å². The van der Waals surface area contributed by atoms with Gasteiger partial charge in [-0.3, -0.25) is 0 Å². The molecule has 1 atom stereocenters. The molecule has 1 aliphatic heterocycles. The molecule has 1 heterocycles. The highest BCUT2D eigenvalue weighted by molar-refractivity contribution is 5.28. The molecular weight excluding hydrogens is 284 g/mol. The van der Waals surface area contributed by atoms with E-state index in [1.165, 1.54) is 30.4 Å². The molecule has 0 amide bonds. The Kier molecular flexibility index (Phi) is 5.40. The fourth-order valence-electron chi connectivity index (χ4n) is 4.27. The number of hydrogen-bond donors (Lipinski definition) is 1. The Morgan fingerprint density at radius 2 is 1.78 bits per heavy atom. The SMILES string of the molecule is Cc1cccc(C(CN2CCN(C)CC2)C2(O)CCCCC2)c1. The van der Waals surface area contributed by atoms with Gasteiger partial charge in [0.2, 0.25) is 0 Å². The van der Waals surface area contributed by atoms with Crippen LogP contribution in [0.3, 0.4) is 0 Å². The van der Waals surface area contributed by atoms with Crippen molar-refractivity contribution < 1.29 is 5.11 Å². The number of aliphatic hydroxyl groups is 1. The zero-order chi connectivity index (χ0) is 16.3. The highest BCUT2D eigenvalue weighted by Gasteiger charge is 2.39. The van der Waals surface area contributed by atoms with Crippen molar-refractivity contribution in [1.29, 1.82) is 0 Å². The van der Waals surface area contributed by atoms with E-state index in [4.69, 9.17) is 0 Å². The fourth-order valence-corrected chi connectivity index (χ4v) is 4.27. The Labute approximate surface area is 141 Å². The summed E-state index contributed by atoms with van der Waals surface area (Å²) in [5, 5.41) is 11.4. The summed E-state index contributed by atoms with van der Waals surface area (Å²) in [6, 6.07) is 8.81. The number of rotatable bonds is 4. The van der Waals surface area contributed by atoms with E-state index in [1.54, 1.807) is 0 Å². The molecule has 23 heavy (non-hydrogen) atoms. The highest BCUT2D eigenvalue weighted by Crippen LogP contribution is 2.40. The maximum absolute atomic E-state index is 11.4. The number of likely N-dealkylation sites (N-methyl/N-ethyl adjacent to an activating group) is 1. The molecule has 128 valence electrons. The van der Waals surface area contributed by atoms with Crippen LogP contribution in [0.4, 0.5) is 0 Å². The van der Waals surface area contributed by atoms with Crippen molar-refractivity contribution in [3.8, 4) is 0 Å². The number of piperazine rings is 1. The Morgan fingerprint density at radius 3 is 2.43 bits per heavy atom. The van der Waals surface area contributed by atoms with Crippen LogP contribution in [0.1, 0.15) is 49.1 Å². The second kappa shape index (κ2) is 7.33. The minimum absolute atomic E-state index is 0.242. The topological polar surface area (TPSA) is 26.7 Å². The minimum atomic E-state index is -0.518. The minimum Gasteiger partial charge on any atom is -0.389 e. The third kappa shape index (κ3) is 4.14. The predicted molar refractivity (Wildman–Crippen MR) is 95.9 cm³/mol. The van der Waals surface area contributed by atoms with Crippen LogP contribution in [0.25, 0.3) is 0 Å². The lowest BCUT2D eigenvalue weighted by atomic mass is 9.72. The Hall–Kier alpha value is -0.900. The first-order valence-corrected chi connectivity index (χ1v) is 9.27. The van der Waals surface area contributed by atoms with Crippen LogP contribution in [0.15, 0.2) is 24.3 Å². The van der Waals surface area contributed by atoms with E-state index in [2.05, 4.69) is 48.0 Å². The Bertz CT molecular complexity index is 502. The summed E-state index contributed by atoms with van der Waals surface area (Å²) < 4.78 is 0. The molecule has 1 N–H and O–H groups in total. The van der Waals surface area contributed by atoms with Crippen molar-refractivity contribution in [2.24, 2.45) is 0 Å². The second-order valence-electron chi connectivity index (χ2n) is 7.73. The smallest absolute Gasteiger partial charge is 0.0728 e. The summed E-state index contributed by atoms with van der Waals surface area (Å²) in [6.45, 7) is 7.66. The molecule has 1 aliphatic carbocycles. The number of nitrogens with zero attached hydrogens (tertiary/aromatic N) is 2. The maximum atomic E-state index is 11.4. The average Bonchev–Trinajstić information content (AvgIpc) is 2.55. The fraction of sp³-hybridized carbons (Fsp3) is 0.700. The van der Waals surface area contributed by atoms with Crippen molar-refractivity contribution in [2.45, 2.75) is 50.5 Å². The maximum Gasteiger partial charge on any atom is 0.0728 e. The first-order chi connectivity index (χ1) is 11.1. The van der Waals surface area contributed by atoms with Gasteiger partial charge in [-0.15, -0.1) is 0 Å². The van der Waals surface area contributed by atoms with Gasteiger partial charge in [0, 0.05) is 38.6 Å². The van der Waals surface area contributed by atoms with E-state index < -0.39 is 5.60 Å². The molecule has 1 saturated carbocycles. The van der Waals surface area contributed by atoms with Crippen molar-refractivity contribution in [2.75, 3.05) is 39.8 Å². The van der Waals surface area contributed by atoms with Gasteiger partial charge in [0.05, 0.1) is 5.60 Å². The van der Waals surface area contributed by atoms with Gasteiger partial charge in [-0.25, -0.2) is 0 Å². The van der Waals surface area contributed by atoms with Crippen molar-refractivity contribution in [3.63, 3.8) is 0 Å². The van der Waals surface area contributed by atoms with Gasteiger partial charge >= 0.3 is 0 Å². The van der Waals surface area contributed by atoms with Crippen LogP contribution in [-0.4, -0.2) is 60.3 Å². The van der Waals surface area contributed by atoms with Crippen molar-refractivity contribution in [3.05, 3.63) is 35.4 Å². The standard InChI is InChI=1S/C20H32N2O/c1-17-7-6-8-18(15-17)19(20(23)9-4-3-5-10-20)16-22-13-11-21(2)12-14-22/h6-8,15,19,23H,3-5,9-14,16H2,1-2H3. The van der Waals surface area contributed by atoms with Crippen LogP contribution >= 0.6 is 0 Å². The molecule has 2 fully saturated rings. The van der Waals surface area contributed by atoms with E-state index in [9.17, 15) is 5.11 Å². The van der Waals surface area contributed by atoms with Crippen LogP contribution in [0.5, 0.6) is 0 Å². The molecule has 3 rings (SSSR count). The number of aryl methyl sites for hydroxylation is 1. The molecule has 3 nitrogen and oxygen atoms in total. The highest BCUT2D eigenvalue weighted by atomic mass is 16.3. The van der Waals surface area contributed by atoms with Crippen LogP contribution in [0.2, 0.25) is 0 Å². The molecule has 1 aromatic rings.